The number of carbonyl (C=O) groups is 2. The van der Waals surface area contributed by atoms with Crippen LogP contribution in [0.5, 0.6) is 5.75 Å². The molecule has 0 aromatic heterocycles. The smallest absolute Gasteiger partial charge is 0.255 e. The Morgan fingerprint density at radius 3 is 2.30 bits per heavy atom. The summed E-state index contributed by atoms with van der Waals surface area (Å²) >= 11 is 0. The van der Waals surface area contributed by atoms with E-state index in [1.54, 1.807) is 36.4 Å². The van der Waals surface area contributed by atoms with Crippen molar-refractivity contribution in [3.05, 3.63) is 83.4 Å². The molecule has 3 rings (SSSR count). The van der Waals surface area contributed by atoms with Crippen LogP contribution >= 0.6 is 0 Å². The molecule has 3 aromatic rings. The summed E-state index contributed by atoms with van der Waals surface area (Å²) in [5, 5.41) is 5.85. The van der Waals surface area contributed by atoms with E-state index in [9.17, 15) is 9.59 Å². The van der Waals surface area contributed by atoms with Gasteiger partial charge in [-0.15, -0.1) is 0 Å². The number of anilines is 3. The maximum atomic E-state index is 12.8. The van der Waals surface area contributed by atoms with Gasteiger partial charge in [-0.3, -0.25) is 9.59 Å². The zero-order valence-corrected chi connectivity index (χ0v) is 19.6. The zero-order valence-electron chi connectivity index (χ0n) is 19.6. The highest BCUT2D eigenvalue weighted by atomic mass is 16.5. The first kappa shape index (κ1) is 23.9. The fourth-order valence-electron chi connectivity index (χ4n) is 3.19. The van der Waals surface area contributed by atoms with Crippen molar-refractivity contribution in [2.75, 3.05) is 36.2 Å². The van der Waals surface area contributed by atoms with Gasteiger partial charge in [0.15, 0.2) is 0 Å². The lowest BCUT2D eigenvalue weighted by Crippen LogP contribution is -2.15. The summed E-state index contributed by atoms with van der Waals surface area (Å²) in [6, 6.07) is 20.0. The second-order valence-electron chi connectivity index (χ2n) is 8.11. The van der Waals surface area contributed by atoms with Crippen molar-refractivity contribution in [1.29, 1.82) is 0 Å². The van der Waals surface area contributed by atoms with Crippen LogP contribution < -0.4 is 20.3 Å². The van der Waals surface area contributed by atoms with E-state index in [0.29, 0.717) is 29.1 Å². The van der Waals surface area contributed by atoms with Gasteiger partial charge >= 0.3 is 0 Å². The number of nitrogens with one attached hydrogen (secondary N) is 2. The number of benzene rings is 3. The third kappa shape index (κ3) is 6.59. The van der Waals surface area contributed by atoms with E-state index < -0.39 is 0 Å². The second kappa shape index (κ2) is 11.2. The molecule has 0 aliphatic heterocycles. The molecule has 3 aromatic carbocycles. The first-order valence-electron chi connectivity index (χ1n) is 11.1. The molecule has 6 heteroatoms. The monoisotopic (exact) mass is 445 g/mol. The summed E-state index contributed by atoms with van der Waals surface area (Å²) in [4.78, 5) is 27.4. The molecule has 0 radical (unpaired) electrons. The lowest BCUT2D eigenvalue weighted by molar-refractivity contribution is 0.101. The van der Waals surface area contributed by atoms with Gasteiger partial charge in [-0.05, 0) is 73.5 Å². The highest BCUT2D eigenvalue weighted by Gasteiger charge is 2.12. The third-order valence-electron chi connectivity index (χ3n) is 5.25. The summed E-state index contributed by atoms with van der Waals surface area (Å²) in [7, 11) is 3.86. The Morgan fingerprint density at radius 2 is 1.61 bits per heavy atom. The van der Waals surface area contributed by atoms with Crippen LogP contribution in [0.25, 0.3) is 0 Å². The molecule has 2 N–H and O–H groups in total. The van der Waals surface area contributed by atoms with Crippen LogP contribution in [0.4, 0.5) is 17.1 Å². The lowest BCUT2D eigenvalue weighted by Gasteiger charge is -2.14. The van der Waals surface area contributed by atoms with E-state index in [1.807, 2.05) is 56.3 Å². The van der Waals surface area contributed by atoms with Gasteiger partial charge in [-0.1, -0.05) is 25.5 Å². The molecule has 0 unspecified atom stereocenters. The molecule has 0 atom stereocenters. The number of hydrogen-bond donors (Lipinski definition) is 2. The topological polar surface area (TPSA) is 70.7 Å². The van der Waals surface area contributed by atoms with Crippen molar-refractivity contribution in [2.24, 2.45) is 0 Å². The fourth-order valence-corrected chi connectivity index (χ4v) is 3.19. The Morgan fingerprint density at radius 1 is 0.879 bits per heavy atom. The summed E-state index contributed by atoms with van der Waals surface area (Å²) in [6.07, 6.45) is 2.07. The first-order valence-corrected chi connectivity index (χ1v) is 11.1. The average Bonchev–Trinajstić information content (AvgIpc) is 2.82. The SMILES string of the molecule is CCCCOc1ccc(C(=O)Nc2cc(NC(=O)c3cccc(N(C)C)c3)ccc2C)cc1. The minimum Gasteiger partial charge on any atom is -0.494 e. The molecule has 0 aliphatic carbocycles. The van der Waals surface area contributed by atoms with Crippen LogP contribution in [0.1, 0.15) is 46.0 Å². The van der Waals surface area contributed by atoms with Crippen LogP contribution in [-0.4, -0.2) is 32.5 Å². The van der Waals surface area contributed by atoms with E-state index in [2.05, 4.69) is 17.6 Å². The highest BCUT2D eigenvalue weighted by molar-refractivity contribution is 6.07. The van der Waals surface area contributed by atoms with Gasteiger partial charge in [-0.2, -0.15) is 0 Å². The van der Waals surface area contributed by atoms with Crippen molar-refractivity contribution < 1.29 is 14.3 Å². The molecule has 6 nitrogen and oxygen atoms in total. The van der Waals surface area contributed by atoms with Crippen LogP contribution in [-0.2, 0) is 0 Å². The quantitative estimate of drug-likeness (QED) is 0.412. The van der Waals surface area contributed by atoms with Gasteiger partial charge in [-0.25, -0.2) is 0 Å². The van der Waals surface area contributed by atoms with Crippen LogP contribution in [0.2, 0.25) is 0 Å². The lowest BCUT2D eigenvalue weighted by atomic mass is 10.1. The molecule has 0 spiro atoms. The molecule has 0 fully saturated rings. The first-order chi connectivity index (χ1) is 15.9. The van der Waals surface area contributed by atoms with Crippen LogP contribution in [0.15, 0.2) is 66.7 Å². The highest BCUT2D eigenvalue weighted by Crippen LogP contribution is 2.23. The zero-order chi connectivity index (χ0) is 23.8. The maximum absolute atomic E-state index is 12.8. The molecular formula is C27H31N3O3. The van der Waals surface area contributed by atoms with E-state index in [4.69, 9.17) is 4.74 Å². The standard InChI is InChI=1S/C27H31N3O3/c1-5-6-16-33-24-14-11-20(12-15-24)26(31)29-25-18-22(13-10-19(25)2)28-27(32)21-8-7-9-23(17-21)30(3)4/h7-15,17-18H,5-6,16H2,1-4H3,(H,28,32)(H,29,31). The summed E-state index contributed by atoms with van der Waals surface area (Å²) in [6.45, 7) is 4.69. The fraction of sp³-hybridized carbons (Fsp3) is 0.259. The molecule has 0 aliphatic rings. The minimum atomic E-state index is -0.222. The Bertz CT molecular complexity index is 1110. The number of ether oxygens (including phenoxy) is 1. The van der Waals surface area contributed by atoms with Crippen LogP contribution in [0, 0.1) is 6.92 Å². The Kier molecular flexibility index (Phi) is 8.08. The molecule has 0 saturated heterocycles. The van der Waals surface area contributed by atoms with Crippen LogP contribution in [0.3, 0.4) is 0 Å². The summed E-state index contributed by atoms with van der Waals surface area (Å²) in [5.41, 5.74) is 4.19. The van der Waals surface area contributed by atoms with E-state index in [1.165, 1.54) is 0 Å². The molecule has 0 saturated carbocycles. The number of hydrogen-bond acceptors (Lipinski definition) is 4. The Labute approximate surface area is 195 Å². The maximum Gasteiger partial charge on any atom is 0.255 e. The average molecular weight is 446 g/mol. The number of carbonyl (C=O) groups excluding carboxylic acids is 2. The van der Waals surface area contributed by atoms with Gasteiger partial charge < -0.3 is 20.3 Å². The normalized spacial score (nSPS) is 10.4. The third-order valence-corrected chi connectivity index (χ3v) is 5.25. The molecular weight excluding hydrogens is 414 g/mol. The number of aryl methyl sites for hydroxylation is 1. The summed E-state index contributed by atoms with van der Waals surface area (Å²) < 4.78 is 5.65. The molecule has 2 amide bonds. The van der Waals surface area contributed by atoms with Crippen molar-refractivity contribution in [3.8, 4) is 5.75 Å². The van der Waals surface area contributed by atoms with E-state index in [0.717, 1.165) is 29.8 Å². The largest absolute Gasteiger partial charge is 0.494 e. The molecule has 33 heavy (non-hydrogen) atoms. The summed E-state index contributed by atoms with van der Waals surface area (Å²) in [5.74, 6) is 0.318. The number of unbranched alkanes of at least 4 members (excludes halogenated alkanes) is 1. The van der Waals surface area contributed by atoms with Gasteiger partial charge in [0.05, 0.1) is 6.61 Å². The van der Waals surface area contributed by atoms with Crippen molar-refractivity contribution in [3.63, 3.8) is 0 Å². The Hall–Kier alpha value is -3.80. The van der Waals surface area contributed by atoms with Crippen molar-refractivity contribution in [1.82, 2.24) is 0 Å². The predicted octanol–water partition coefficient (Wildman–Crippen LogP) is 5.74. The number of rotatable bonds is 9. The van der Waals surface area contributed by atoms with E-state index in [-0.39, 0.29) is 11.8 Å². The second-order valence-corrected chi connectivity index (χ2v) is 8.11. The van der Waals surface area contributed by atoms with Crippen molar-refractivity contribution in [2.45, 2.75) is 26.7 Å². The van der Waals surface area contributed by atoms with Gasteiger partial charge in [0.25, 0.3) is 11.8 Å². The molecule has 172 valence electrons. The number of nitrogens with zero attached hydrogens (tertiary/aromatic N) is 1. The predicted molar refractivity (Wildman–Crippen MR) is 135 cm³/mol. The Balaban J connectivity index is 1.68. The van der Waals surface area contributed by atoms with Gasteiger partial charge in [0.1, 0.15) is 5.75 Å². The van der Waals surface area contributed by atoms with Gasteiger partial charge in [0.2, 0.25) is 0 Å². The number of amides is 2. The molecule has 0 heterocycles. The van der Waals surface area contributed by atoms with Gasteiger partial charge in [0, 0.05) is 42.3 Å². The minimum absolute atomic E-state index is 0.210. The van der Waals surface area contributed by atoms with E-state index >= 15 is 0 Å². The van der Waals surface area contributed by atoms with Crippen molar-refractivity contribution >= 4 is 28.9 Å². The molecule has 0 bridgehead atoms.